The molecule has 0 bridgehead atoms. The van der Waals surface area contributed by atoms with Gasteiger partial charge in [-0.25, -0.2) is 9.48 Å². The quantitative estimate of drug-likeness (QED) is 0.532. The molecule has 1 aromatic carbocycles. The molecular weight excluding hydrogens is 260 g/mol. The smallest absolute Gasteiger partial charge is 0.258 e. The molecule has 0 N–H and O–H groups in total. The summed E-state index contributed by atoms with van der Waals surface area (Å²) in [7, 11) is 0. The molecule has 2 aromatic heterocycles. The van der Waals surface area contributed by atoms with Crippen molar-refractivity contribution in [3.8, 4) is 0 Å². The van der Waals surface area contributed by atoms with Crippen LogP contribution in [-0.2, 0) is 6.54 Å². The number of fused-ring (bicyclic) bond motifs is 1. The Morgan fingerprint density at radius 1 is 1.15 bits per heavy atom. The van der Waals surface area contributed by atoms with Crippen molar-refractivity contribution < 1.29 is 4.92 Å². The van der Waals surface area contributed by atoms with E-state index in [-0.39, 0.29) is 17.9 Å². The molecule has 7 heteroatoms. The van der Waals surface area contributed by atoms with E-state index >= 15 is 0 Å². The molecule has 0 radical (unpaired) electrons. The van der Waals surface area contributed by atoms with E-state index in [0.29, 0.717) is 11.2 Å². The number of nitrogens with zero attached hydrogens (tertiary/aromatic N) is 4. The summed E-state index contributed by atoms with van der Waals surface area (Å²) >= 11 is 0. The minimum Gasteiger partial charge on any atom is -0.258 e. The van der Waals surface area contributed by atoms with Gasteiger partial charge in [0.25, 0.3) is 5.69 Å². The lowest BCUT2D eigenvalue weighted by atomic mass is 10.2. The lowest BCUT2D eigenvalue weighted by Gasteiger charge is -2.01. The minimum absolute atomic E-state index is 0.0172. The third-order valence-electron chi connectivity index (χ3n) is 3.00. The average Bonchev–Trinajstić information content (AvgIpc) is 2.76. The van der Waals surface area contributed by atoms with Crippen LogP contribution in [0.1, 0.15) is 5.56 Å². The fraction of sp³-hybridized carbons (Fsp3) is 0.0769. The molecule has 2 heterocycles. The molecule has 0 aliphatic carbocycles. The van der Waals surface area contributed by atoms with E-state index in [1.54, 1.807) is 42.6 Å². The van der Waals surface area contributed by atoms with Crippen molar-refractivity contribution in [1.82, 2.24) is 14.2 Å². The van der Waals surface area contributed by atoms with Crippen LogP contribution in [-0.4, -0.2) is 19.1 Å². The number of rotatable bonds is 3. The molecular formula is C13H10N4O3. The molecule has 0 saturated heterocycles. The van der Waals surface area contributed by atoms with Crippen molar-refractivity contribution >= 4 is 11.3 Å². The summed E-state index contributed by atoms with van der Waals surface area (Å²) < 4.78 is 2.62. The van der Waals surface area contributed by atoms with Gasteiger partial charge in [-0.2, -0.15) is 0 Å². The normalized spacial score (nSPS) is 10.8. The largest absolute Gasteiger partial charge is 0.350 e. The van der Waals surface area contributed by atoms with Crippen molar-refractivity contribution in [2.45, 2.75) is 6.54 Å². The second-order valence-corrected chi connectivity index (χ2v) is 4.25. The van der Waals surface area contributed by atoms with E-state index in [1.165, 1.54) is 15.1 Å². The molecule has 0 saturated carbocycles. The topological polar surface area (TPSA) is 82.4 Å². The van der Waals surface area contributed by atoms with E-state index in [0.717, 1.165) is 0 Å². The summed E-state index contributed by atoms with van der Waals surface area (Å²) in [6, 6.07) is 11.5. The van der Waals surface area contributed by atoms with Crippen LogP contribution < -0.4 is 5.69 Å². The standard InChI is InChI=1S/C13H10N4O3/c18-13-15-8-4-3-7-12(15)14-16(13)9-10-5-1-2-6-11(10)17(19)20/h1-8H,9H2. The SMILES string of the molecule is O=c1n(Cc2ccccc2[N+](=O)[O-])nc2ccccn12. The molecule has 0 spiro atoms. The van der Waals surface area contributed by atoms with Crippen LogP contribution in [0, 0.1) is 10.1 Å². The molecule has 0 aliphatic heterocycles. The Kier molecular flexibility index (Phi) is 2.79. The fourth-order valence-electron chi connectivity index (χ4n) is 2.06. The Labute approximate surface area is 112 Å². The molecule has 100 valence electrons. The number of hydrogen-bond donors (Lipinski definition) is 0. The minimum atomic E-state index is -0.462. The molecule has 0 atom stereocenters. The molecule has 20 heavy (non-hydrogen) atoms. The Balaban J connectivity index is 2.08. The molecule has 0 fully saturated rings. The number of nitro benzene ring substituents is 1. The Morgan fingerprint density at radius 2 is 1.90 bits per heavy atom. The Bertz CT molecular complexity index is 850. The maximum absolute atomic E-state index is 12.1. The summed E-state index contributed by atoms with van der Waals surface area (Å²) in [6.07, 6.45) is 1.61. The van der Waals surface area contributed by atoms with Gasteiger partial charge in [-0.05, 0) is 12.1 Å². The number of aromatic nitrogens is 3. The van der Waals surface area contributed by atoms with Gasteiger partial charge < -0.3 is 0 Å². The second-order valence-electron chi connectivity index (χ2n) is 4.25. The third-order valence-corrected chi connectivity index (χ3v) is 3.00. The first kappa shape index (κ1) is 12.1. The van der Waals surface area contributed by atoms with Gasteiger partial charge in [-0.15, -0.1) is 5.10 Å². The van der Waals surface area contributed by atoms with Crippen LogP contribution in [0.3, 0.4) is 0 Å². The molecule has 3 rings (SSSR count). The Morgan fingerprint density at radius 3 is 2.65 bits per heavy atom. The number of para-hydroxylation sites is 1. The molecule has 0 unspecified atom stereocenters. The van der Waals surface area contributed by atoms with Gasteiger partial charge in [0.15, 0.2) is 5.65 Å². The number of pyridine rings is 1. The summed E-state index contributed by atoms with van der Waals surface area (Å²) in [5.41, 5.74) is 0.620. The predicted octanol–water partition coefficient (Wildman–Crippen LogP) is 1.45. The van der Waals surface area contributed by atoms with Crippen LogP contribution in [0.2, 0.25) is 0 Å². The number of benzene rings is 1. The lowest BCUT2D eigenvalue weighted by molar-refractivity contribution is -0.385. The van der Waals surface area contributed by atoms with Gasteiger partial charge in [0.05, 0.1) is 17.0 Å². The van der Waals surface area contributed by atoms with Crippen LogP contribution in [0.4, 0.5) is 5.69 Å². The van der Waals surface area contributed by atoms with Crippen LogP contribution in [0.25, 0.3) is 5.65 Å². The summed E-state index contributed by atoms with van der Waals surface area (Å²) in [5, 5.41) is 15.1. The molecule has 3 aromatic rings. The second kappa shape index (κ2) is 4.61. The zero-order chi connectivity index (χ0) is 14.1. The third kappa shape index (κ3) is 1.95. The first-order valence-corrected chi connectivity index (χ1v) is 5.93. The van der Waals surface area contributed by atoms with Gasteiger partial charge in [0.1, 0.15) is 0 Å². The van der Waals surface area contributed by atoms with E-state index in [2.05, 4.69) is 5.10 Å². The molecule has 7 nitrogen and oxygen atoms in total. The van der Waals surface area contributed by atoms with Crippen molar-refractivity contribution in [3.05, 3.63) is 74.8 Å². The predicted molar refractivity (Wildman–Crippen MR) is 71.7 cm³/mol. The van der Waals surface area contributed by atoms with Gasteiger partial charge in [-0.1, -0.05) is 24.3 Å². The maximum atomic E-state index is 12.1. The maximum Gasteiger partial charge on any atom is 0.350 e. The zero-order valence-corrected chi connectivity index (χ0v) is 10.3. The van der Waals surface area contributed by atoms with Crippen LogP contribution in [0.15, 0.2) is 53.5 Å². The highest BCUT2D eigenvalue weighted by Gasteiger charge is 2.15. The first-order valence-electron chi connectivity index (χ1n) is 5.93. The first-order chi connectivity index (χ1) is 9.66. The van der Waals surface area contributed by atoms with E-state index in [4.69, 9.17) is 0 Å². The molecule has 0 aliphatic rings. The highest BCUT2D eigenvalue weighted by molar-refractivity contribution is 5.40. The fourth-order valence-corrected chi connectivity index (χ4v) is 2.06. The zero-order valence-electron chi connectivity index (χ0n) is 10.3. The highest BCUT2D eigenvalue weighted by Crippen LogP contribution is 2.18. The van der Waals surface area contributed by atoms with Crippen LogP contribution in [0.5, 0.6) is 0 Å². The van der Waals surface area contributed by atoms with Gasteiger partial charge >= 0.3 is 5.69 Å². The average molecular weight is 270 g/mol. The van der Waals surface area contributed by atoms with Gasteiger partial charge in [-0.3, -0.25) is 14.5 Å². The molecule has 0 amide bonds. The van der Waals surface area contributed by atoms with Crippen molar-refractivity contribution in [1.29, 1.82) is 0 Å². The van der Waals surface area contributed by atoms with Gasteiger partial charge in [0.2, 0.25) is 0 Å². The number of hydrogen-bond acceptors (Lipinski definition) is 4. The van der Waals surface area contributed by atoms with Crippen molar-refractivity contribution in [2.75, 3.05) is 0 Å². The van der Waals surface area contributed by atoms with Gasteiger partial charge in [0, 0.05) is 12.3 Å². The Hall–Kier alpha value is -2.96. The van der Waals surface area contributed by atoms with E-state index in [9.17, 15) is 14.9 Å². The van der Waals surface area contributed by atoms with E-state index in [1.807, 2.05) is 0 Å². The van der Waals surface area contributed by atoms with Crippen molar-refractivity contribution in [3.63, 3.8) is 0 Å². The summed E-state index contributed by atoms with van der Waals surface area (Å²) in [4.78, 5) is 22.6. The van der Waals surface area contributed by atoms with Crippen molar-refractivity contribution in [2.24, 2.45) is 0 Å². The summed E-state index contributed by atoms with van der Waals surface area (Å²) in [6.45, 7) is 0.0671. The summed E-state index contributed by atoms with van der Waals surface area (Å²) in [5.74, 6) is 0. The van der Waals surface area contributed by atoms with E-state index < -0.39 is 4.92 Å². The highest BCUT2D eigenvalue weighted by atomic mass is 16.6. The number of nitro groups is 1. The lowest BCUT2D eigenvalue weighted by Crippen LogP contribution is -2.21. The van der Waals surface area contributed by atoms with Crippen LogP contribution >= 0.6 is 0 Å². The monoisotopic (exact) mass is 270 g/mol.